The van der Waals surface area contributed by atoms with Crippen molar-refractivity contribution in [3.63, 3.8) is 0 Å². The molecule has 5 heteroatoms. The molecule has 0 fully saturated rings. The van der Waals surface area contributed by atoms with E-state index in [0.717, 1.165) is 0 Å². The second-order valence-electron chi connectivity index (χ2n) is 23.7. The van der Waals surface area contributed by atoms with Crippen molar-refractivity contribution in [1.29, 1.82) is 0 Å². The van der Waals surface area contributed by atoms with Crippen molar-refractivity contribution in [1.82, 2.24) is 0 Å². The van der Waals surface area contributed by atoms with E-state index in [1.807, 2.05) is 0 Å². The summed E-state index contributed by atoms with van der Waals surface area (Å²) in [5, 5.41) is 0. The summed E-state index contributed by atoms with van der Waals surface area (Å²) in [6, 6.07) is 34.6. The molecule has 0 heterocycles. The molecule has 0 atom stereocenters. The standard InChI is InChI=1S/C54H112Si.C18H14.Cl3HSi/c1-4-7-10-13-16-19-22-25-28-31-34-37-40-43-46-49-52-55(53-50-47-44-41-38-35-32-29-26-23-20-17-14-11-8-5-2)54-51-48-45-42-39-36-33-30-27-24-21-18-15-12-9-6-3;1-3-9-15(10-4-1)17-13-7-8-14-18(17)16-11-5-2-6-12-16;1-4(2)3/h55H,4-54H2,1-3H3;1-14H;4H. The Balaban J connectivity index is 0.00000109. The molecule has 3 rings (SSSR count). The normalized spacial score (nSPS) is 11.3. The highest BCUT2D eigenvalue weighted by molar-refractivity contribution is 7.54. The molecule has 3 aromatic rings. The number of rotatable bonds is 53. The summed E-state index contributed by atoms with van der Waals surface area (Å²) in [5.74, 6) is 0. The highest BCUT2D eigenvalue weighted by atomic mass is 35.8. The third-order valence-corrected chi connectivity index (χ3v) is 20.2. The summed E-state index contributed by atoms with van der Waals surface area (Å²) in [4.78, 5) is 0. The first kappa shape index (κ1) is 74.0. The van der Waals surface area contributed by atoms with Gasteiger partial charge in [-0.3, -0.25) is 0 Å². The second kappa shape index (κ2) is 61.0. The molecule has 0 nitrogen and oxygen atoms in total. The van der Waals surface area contributed by atoms with Crippen LogP contribution in [0.5, 0.6) is 0 Å². The van der Waals surface area contributed by atoms with Crippen molar-refractivity contribution in [2.24, 2.45) is 0 Å². The van der Waals surface area contributed by atoms with E-state index < -0.39 is 15.5 Å². The van der Waals surface area contributed by atoms with E-state index in [2.05, 4.69) is 106 Å². The molecule has 0 aliphatic carbocycles. The van der Waals surface area contributed by atoms with Gasteiger partial charge in [-0.2, -0.15) is 0 Å². The Bertz CT molecular complexity index is 1400. The van der Waals surface area contributed by atoms with Crippen LogP contribution in [0.4, 0.5) is 0 Å². The maximum absolute atomic E-state index is 4.94. The fourth-order valence-electron chi connectivity index (χ4n) is 11.6. The van der Waals surface area contributed by atoms with E-state index in [9.17, 15) is 0 Å². The third-order valence-electron chi connectivity index (χ3n) is 16.5. The van der Waals surface area contributed by atoms with Crippen molar-refractivity contribution >= 4 is 48.8 Å². The van der Waals surface area contributed by atoms with E-state index in [0.29, 0.717) is 0 Å². The molecule has 0 bridgehead atoms. The summed E-state index contributed by atoms with van der Waals surface area (Å²) >= 11 is 14.8. The van der Waals surface area contributed by atoms with Crippen LogP contribution in [-0.2, 0) is 0 Å². The number of benzene rings is 3. The van der Waals surface area contributed by atoms with Gasteiger partial charge in [-0.1, -0.05) is 432 Å². The van der Waals surface area contributed by atoms with Crippen LogP contribution in [0.15, 0.2) is 84.9 Å². The predicted molar refractivity (Wildman–Crippen MR) is 362 cm³/mol. The van der Waals surface area contributed by atoms with Crippen LogP contribution in [0.3, 0.4) is 0 Å². The number of halogens is 3. The lowest BCUT2D eigenvalue weighted by atomic mass is 9.95. The maximum atomic E-state index is 4.94. The lowest BCUT2D eigenvalue weighted by Gasteiger charge is -2.15. The molecule has 0 saturated carbocycles. The van der Waals surface area contributed by atoms with E-state index in [1.54, 1.807) is 56.7 Å². The Morgan fingerprint density at radius 2 is 0.377 bits per heavy atom. The van der Waals surface area contributed by atoms with Gasteiger partial charge in [-0.25, -0.2) is 0 Å². The molecule has 0 spiro atoms. The molecular weight excluding hydrogens is 1030 g/mol. The van der Waals surface area contributed by atoms with E-state index >= 15 is 0 Å². The molecule has 77 heavy (non-hydrogen) atoms. The average molecular weight is 1160 g/mol. The Hall–Kier alpha value is -1.04. The number of hydrogen-bond donors (Lipinski definition) is 0. The van der Waals surface area contributed by atoms with Gasteiger partial charge in [0.1, 0.15) is 0 Å². The van der Waals surface area contributed by atoms with E-state index in [4.69, 9.17) is 33.2 Å². The minimum absolute atomic E-state index is 0.513. The zero-order chi connectivity index (χ0) is 55.4. The molecule has 0 aliphatic rings. The highest BCUT2D eigenvalue weighted by Gasteiger charge is 2.11. The molecule has 0 unspecified atom stereocenters. The minimum atomic E-state index is -1.72. The maximum Gasteiger partial charge on any atom is 0.326 e. The molecule has 0 aromatic heterocycles. The van der Waals surface area contributed by atoms with Crippen LogP contribution >= 0.6 is 33.2 Å². The molecule has 0 radical (unpaired) electrons. The van der Waals surface area contributed by atoms with Crippen LogP contribution in [0.25, 0.3) is 22.3 Å². The van der Waals surface area contributed by atoms with Gasteiger partial charge in [0.25, 0.3) is 0 Å². The highest BCUT2D eigenvalue weighted by Crippen LogP contribution is 2.32. The van der Waals surface area contributed by atoms with Gasteiger partial charge in [0, 0.05) is 8.80 Å². The topological polar surface area (TPSA) is 0 Å². The monoisotopic (exact) mass is 1150 g/mol. The zero-order valence-electron chi connectivity index (χ0n) is 51.4. The molecule has 0 amide bonds. The summed E-state index contributed by atoms with van der Waals surface area (Å²) in [5.41, 5.74) is 5.09. The SMILES string of the molecule is CCCCCCCCCCCCCCCCCC[SiH](CCCCCCCCCCCCCCCCCC)CCCCCCCCCCCCCCCCCC.Cl[SiH](Cl)Cl.c1ccc(-c2ccccc2-c2ccccc2)cc1. The van der Waals surface area contributed by atoms with E-state index in [1.165, 1.54) is 292 Å². The molecular formula is C72H127Cl3Si2. The van der Waals surface area contributed by atoms with Crippen molar-refractivity contribution < 1.29 is 0 Å². The third kappa shape index (κ3) is 51.6. The van der Waals surface area contributed by atoms with Gasteiger partial charge in [0.2, 0.25) is 0 Å². The quantitative estimate of drug-likeness (QED) is 0.0300. The Morgan fingerprint density at radius 3 is 0.558 bits per heavy atom. The minimum Gasteiger partial charge on any atom is -0.130 e. The van der Waals surface area contributed by atoms with Crippen LogP contribution in [-0.4, -0.2) is 15.5 Å². The van der Waals surface area contributed by atoms with Crippen LogP contribution < -0.4 is 0 Å². The second-order valence-corrected chi connectivity index (χ2v) is 33.6. The molecule has 444 valence electrons. The Kier molecular flexibility index (Phi) is 58.6. The first-order valence-corrected chi connectivity index (χ1v) is 41.8. The lowest BCUT2D eigenvalue weighted by molar-refractivity contribution is 0.530. The first-order valence-electron chi connectivity index (χ1n) is 34.1. The van der Waals surface area contributed by atoms with Crippen molar-refractivity contribution in [2.45, 2.75) is 347 Å². The Labute approximate surface area is 499 Å². The molecule has 0 N–H and O–H groups in total. The fourth-order valence-corrected chi connectivity index (χ4v) is 15.1. The van der Waals surface area contributed by atoms with Gasteiger partial charge in [0.15, 0.2) is 0 Å². The van der Waals surface area contributed by atoms with Crippen molar-refractivity contribution in [3.8, 4) is 22.3 Å². The summed E-state index contributed by atoms with van der Waals surface area (Å²) in [6.45, 7) is 5.25. The molecule has 3 aromatic carbocycles. The molecule has 0 aliphatic heterocycles. The van der Waals surface area contributed by atoms with Gasteiger partial charge < -0.3 is 0 Å². The lowest BCUT2D eigenvalue weighted by Crippen LogP contribution is -2.12. The summed E-state index contributed by atoms with van der Waals surface area (Å²) in [6.07, 6.45) is 71.8. The Morgan fingerprint density at radius 1 is 0.221 bits per heavy atom. The number of unbranched alkanes of at least 4 members (excludes halogenated alkanes) is 45. The smallest absolute Gasteiger partial charge is 0.130 e. The molecule has 0 saturated heterocycles. The summed E-state index contributed by atoms with van der Waals surface area (Å²) in [7, 11) is -0.513. The first-order chi connectivity index (χ1) is 38.0. The van der Waals surface area contributed by atoms with Crippen molar-refractivity contribution in [2.75, 3.05) is 0 Å². The van der Waals surface area contributed by atoms with Crippen LogP contribution in [0, 0.1) is 0 Å². The average Bonchev–Trinajstić information content (AvgIpc) is 3.45. The predicted octanol–water partition coefficient (Wildman–Crippen LogP) is 27.4. The van der Waals surface area contributed by atoms with Crippen LogP contribution in [0.2, 0.25) is 18.1 Å². The van der Waals surface area contributed by atoms with Crippen molar-refractivity contribution in [3.05, 3.63) is 84.9 Å². The fraction of sp³-hybridized carbons (Fsp3) is 0.750. The summed E-state index contributed by atoms with van der Waals surface area (Å²) < 4.78 is 0. The van der Waals surface area contributed by atoms with E-state index in [-0.39, 0.29) is 0 Å². The number of hydrogen-bond acceptors (Lipinski definition) is 0. The largest absolute Gasteiger partial charge is 0.326 e. The van der Waals surface area contributed by atoms with Gasteiger partial charge >= 0.3 is 6.73 Å². The van der Waals surface area contributed by atoms with Gasteiger partial charge in [-0.15, -0.1) is 33.2 Å². The van der Waals surface area contributed by atoms with Crippen LogP contribution in [0.1, 0.15) is 329 Å². The van der Waals surface area contributed by atoms with Gasteiger partial charge in [0.05, 0.1) is 0 Å². The van der Waals surface area contributed by atoms with Gasteiger partial charge in [-0.05, 0) is 22.3 Å². The zero-order valence-corrected chi connectivity index (χ0v) is 56.0.